The van der Waals surface area contributed by atoms with E-state index < -0.39 is 5.60 Å². The molecule has 0 saturated carbocycles. The van der Waals surface area contributed by atoms with Gasteiger partial charge in [0.1, 0.15) is 11.4 Å². The van der Waals surface area contributed by atoms with Gasteiger partial charge in [-0.05, 0) is 58.4 Å². The third-order valence-corrected chi connectivity index (χ3v) is 3.63. The van der Waals surface area contributed by atoms with E-state index in [9.17, 15) is 4.79 Å². The molecule has 1 aromatic heterocycles. The van der Waals surface area contributed by atoms with Crippen molar-refractivity contribution in [3.05, 3.63) is 23.8 Å². The number of likely N-dealkylation sites (tertiary alicyclic amines) is 1. The maximum Gasteiger partial charge on any atom is 0.410 e. The Morgan fingerprint density at radius 2 is 1.86 bits per heavy atom. The van der Waals surface area contributed by atoms with Crippen molar-refractivity contribution in [1.82, 2.24) is 14.9 Å². The van der Waals surface area contributed by atoms with E-state index in [-0.39, 0.29) is 6.09 Å². The summed E-state index contributed by atoms with van der Waals surface area (Å²) in [6.07, 6.45) is 6.62. The molecule has 0 unspecified atom stereocenters. The van der Waals surface area contributed by atoms with Crippen molar-refractivity contribution < 1.29 is 9.53 Å². The molecule has 0 atom stereocenters. The van der Waals surface area contributed by atoms with E-state index in [0.717, 1.165) is 38.2 Å². The smallest absolute Gasteiger partial charge is 0.410 e. The quantitative estimate of drug-likeness (QED) is 0.840. The molecule has 1 amide bonds. The van der Waals surface area contributed by atoms with Crippen LogP contribution in [0.5, 0.6) is 0 Å². The molecule has 1 aromatic rings. The molecular formula is C16H25N3O2. The van der Waals surface area contributed by atoms with E-state index in [1.807, 2.05) is 45.0 Å². The molecule has 1 aliphatic heterocycles. The molecule has 2 rings (SSSR count). The van der Waals surface area contributed by atoms with Crippen LogP contribution in [0.15, 0.2) is 12.4 Å². The molecule has 1 aliphatic rings. The Morgan fingerprint density at radius 3 is 2.38 bits per heavy atom. The summed E-state index contributed by atoms with van der Waals surface area (Å²) in [5.41, 5.74) is 0.754. The average molecular weight is 291 g/mol. The third kappa shape index (κ3) is 4.99. The summed E-state index contributed by atoms with van der Waals surface area (Å²) >= 11 is 0. The van der Waals surface area contributed by atoms with Crippen LogP contribution in [0.4, 0.5) is 4.79 Å². The first-order valence-electron chi connectivity index (χ1n) is 7.59. The predicted molar refractivity (Wildman–Crippen MR) is 81.0 cm³/mol. The largest absolute Gasteiger partial charge is 0.444 e. The molecule has 1 fully saturated rings. The zero-order valence-electron chi connectivity index (χ0n) is 13.4. The zero-order chi connectivity index (χ0) is 15.5. The van der Waals surface area contributed by atoms with Crippen LogP contribution < -0.4 is 0 Å². The lowest BCUT2D eigenvalue weighted by molar-refractivity contribution is 0.0184. The number of amides is 1. The molecule has 0 N–H and O–H groups in total. The number of hydrogen-bond donors (Lipinski definition) is 0. The molecule has 116 valence electrons. The monoisotopic (exact) mass is 291 g/mol. The first-order valence-corrected chi connectivity index (χ1v) is 7.59. The maximum absolute atomic E-state index is 12.0. The van der Waals surface area contributed by atoms with Crippen molar-refractivity contribution in [3.63, 3.8) is 0 Å². The average Bonchev–Trinajstić information content (AvgIpc) is 2.40. The summed E-state index contributed by atoms with van der Waals surface area (Å²) in [5, 5.41) is 0. The van der Waals surface area contributed by atoms with E-state index in [4.69, 9.17) is 4.74 Å². The fraction of sp³-hybridized carbons (Fsp3) is 0.688. The van der Waals surface area contributed by atoms with Gasteiger partial charge in [0.05, 0.1) is 0 Å². The van der Waals surface area contributed by atoms with Crippen LogP contribution in [0, 0.1) is 12.8 Å². The Bertz CT molecular complexity index is 471. The van der Waals surface area contributed by atoms with Crippen LogP contribution in [0.1, 0.15) is 45.0 Å². The van der Waals surface area contributed by atoms with Crippen LogP contribution in [-0.2, 0) is 11.2 Å². The van der Waals surface area contributed by atoms with Gasteiger partial charge < -0.3 is 9.64 Å². The number of carbonyl (C=O) groups excluding carboxylic acids is 1. The van der Waals surface area contributed by atoms with Gasteiger partial charge >= 0.3 is 6.09 Å². The Kier molecular flexibility index (Phi) is 4.80. The number of carbonyl (C=O) groups is 1. The lowest BCUT2D eigenvalue weighted by atomic mass is 9.91. The minimum Gasteiger partial charge on any atom is -0.444 e. The Hall–Kier alpha value is -1.65. The SMILES string of the molecule is Cc1ncc(CC2CCN(C(=O)OC(C)(C)C)CC2)cn1. The molecule has 2 heterocycles. The van der Waals surface area contributed by atoms with Gasteiger partial charge in [0.15, 0.2) is 0 Å². The van der Waals surface area contributed by atoms with Crippen LogP contribution in [0.25, 0.3) is 0 Å². The minimum absolute atomic E-state index is 0.195. The van der Waals surface area contributed by atoms with Gasteiger partial charge in [0.25, 0.3) is 0 Å². The Balaban J connectivity index is 1.80. The molecule has 0 radical (unpaired) electrons. The van der Waals surface area contributed by atoms with Crippen LogP contribution in [-0.4, -0.2) is 39.7 Å². The topological polar surface area (TPSA) is 55.3 Å². The summed E-state index contributed by atoms with van der Waals surface area (Å²) in [7, 11) is 0. The standard InChI is InChI=1S/C16H25N3O2/c1-12-17-10-14(11-18-12)9-13-5-7-19(8-6-13)15(20)21-16(2,3)4/h10-11,13H,5-9H2,1-4H3. The molecule has 0 bridgehead atoms. The van der Waals surface area contributed by atoms with Gasteiger partial charge in [0.2, 0.25) is 0 Å². The summed E-state index contributed by atoms with van der Waals surface area (Å²) in [5.74, 6) is 1.40. The second-order valence-corrected chi connectivity index (χ2v) is 6.75. The molecule has 0 aliphatic carbocycles. The Labute approximate surface area is 126 Å². The lowest BCUT2D eigenvalue weighted by Gasteiger charge is -2.33. The van der Waals surface area contributed by atoms with E-state index in [0.29, 0.717) is 5.92 Å². The molecular weight excluding hydrogens is 266 g/mol. The molecule has 0 spiro atoms. The first-order chi connectivity index (χ1) is 9.83. The third-order valence-electron chi connectivity index (χ3n) is 3.63. The molecule has 21 heavy (non-hydrogen) atoms. The first kappa shape index (κ1) is 15.7. The van der Waals surface area contributed by atoms with Crippen LogP contribution >= 0.6 is 0 Å². The summed E-state index contributed by atoms with van der Waals surface area (Å²) in [6, 6.07) is 0. The highest BCUT2D eigenvalue weighted by atomic mass is 16.6. The van der Waals surface area contributed by atoms with Crippen molar-refractivity contribution in [1.29, 1.82) is 0 Å². The Morgan fingerprint density at radius 1 is 1.29 bits per heavy atom. The predicted octanol–water partition coefficient (Wildman–Crippen LogP) is 2.97. The highest BCUT2D eigenvalue weighted by molar-refractivity contribution is 5.68. The lowest BCUT2D eigenvalue weighted by Crippen LogP contribution is -2.42. The number of aromatic nitrogens is 2. The summed E-state index contributed by atoms with van der Waals surface area (Å²) < 4.78 is 5.41. The molecule has 5 nitrogen and oxygen atoms in total. The molecule has 5 heteroatoms. The van der Waals surface area contributed by atoms with E-state index in [1.54, 1.807) is 0 Å². The van der Waals surface area contributed by atoms with Crippen molar-refractivity contribution >= 4 is 6.09 Å². The number of nitrogens with zero attached hydrogens (tertiary/aromatic N) is 3. The maximum atomic E-state index is 12.0. The highest BCUT2D eigenvalue weighted by Crippen LogP contribution is 2.22. The highest BCUT2D eigenvalue weighted by Gasteiger charge is 2.26. The van der Waals surface area contributed by atoms with Gasteiger partial charge in [-0.15, -0.1) is 0 Å². The minimum atomic E-state index is -0.423. The number of piperidine rings is 1. The fourth-order valence-electron chi connectivity index (χ4n) is 2.50. The summed E-state index contributed by atoms with van der Waals surface area (Å²) in [4.78, 5) is 22.3. The van der Waals surface area contributed by atoms with Crippen molar-refractivity contribution in [2.24, 2.45) is 5.92 Å². The van der Waals surface area contributed by atoms with Gasteiger partial charge in [-0.1, -0.05) is 0 Å². The van der Waals surface area contributed by atoms with Crippen LogP contribution in [0.2, 0.25) is 0 Å². The van der Waals surface area contributed by atoms with Gasteiger partial charge in [-0.3, -0.25) is 0 Å². The van der Waals surface area contributed by atoms with Gasteiger partial charge in [-0.2, -0.15) is 0 Å². The van der Waals surface area contributed by atoms with E-state index in [2.05, 4.69) is 9.97 Å². The zero-order valence-corrected chi connectivity index (χ0v) is 13.4. The number of ether oxygens (including phenoxy) is 1. The number of hydrogen-bond acceptors (Lipinski definition) is 4. The van der Waals surface area contributed by atoms with Crippen molar-refractivity contribution in [2.45, 2.75) is 52.6 Å². The van der Waals surface area contributed by atoms with E-state index >= 15 is 0 Å². The number of rotatable bonds is 2. The molecule has 0 aromatic carbocycles. The number of aryl methyl sites for hydroxylation is 1. The van der Waals surface area contributed by atoms with E-state index in [1.165, 1.54) is 5.56 Å². The summed E-state index contributed by atoms with van der Waals surface area (Å²) in [6.45, 7) is 9.13. The van der Waals surface area contributed by atoms with Gasteiger partial charge in [-0.25, -0.2) is 14.8 Å². The normalized spacial score (nSPS) is 16.9. The second-order valence-electron chi connectivity index (χ2n) is 6.75. The van der Waals surface area contributed by atoms with Crippen molar-refractivity contribution in [2.75, 3.05) is 13.1 Å². The second kappa shape index (κ2) is 6.41. The van der Waals surface area contributed by atoms with Gasteiger partial charge in [0, 0.05) is 25.5 Å². The fourth-order valence-corrected chi connectivity index (χ4v) is 2.50. The molecule has 1 saturated heterocycles. The van der Waals surface area contributed by atoms with Crippen molar-refractivity contribution in [3.8, 4) is 0 Å². The van der Waals surface area contributed by atoms with Crippen LogP contribution in [0.3, 0.4) is 0 Å².